The summed E-state index contributed by atoms with van der Waals surface area (Å²) in [5.41, 5.74) is 7.57. The van der Waals surface area contributed by atoms with Crippen LogP contribution in [0.4, 0.5) is 10.3 Å². The predicted octanol–water partition coefficient (Wildman–Crippen LogP) is 2.52. The van der Waals surface area contributed by atoms with E-state index in [-0.39, 0.29) is 11.5 Å². The van der Waals surface area contributed by atoms with Crippen molar-refractivity contribution in [2.45, 2.75) is 0 Å². The number of ether oxygens (including phenoxy) is 2. The van der Waals surface area contributed by atoms with Crippen molar-refractivity contribution in [1.29, 1.82) is 0 Å². The Balaban J connectivity index is 1.94. The Labute approximate surface area is 119 Å². The minimum atomic E-state index is -0.393. The van der Waals surface area contributed by atoms with Crippen molar-refractivity contribution in [2.75, 3.05) is 18.9 Å². The van der Waals surface area contributed by atoms with Crippen LogP contribution in [0.3, 0.4) is 0 Å². The summed E-state index contributed by atoms with van der Waals surface area (Å²) in [6.45, 7) is 1.04. The lowest BCUT2D eigenvalue weighted by molar-refractivity contribution is 0.171. The van der Waals surface area contributed by atoms with Crippen molar-refractivity contribution in [3.63, 3.8) is 0 Å². The fourth-order valence-corrected chi connectivity index (χ4v) is 2.53. The van der Waals surface area contributed by atoms with Crippen LogP contribution in [-0.4, -0.2) is 22.8 Å². The average molecular weight is 285 g/mol. The number of benzene rings is 2. The zero-order valence-corrected chi connectivity index (χ0v) is 11.0. The van der Waals surface area contributed by atoms with E-state index in [9.17, 15) is 4.39 Å². The van der Waals surface area contributed by atoms with Gasteiger partial charge in [0.05, 0.1) is 11.2 Å². The predicted molar refractivity (Wildman–Crippen MR) is 76.4 cm³/mol. The first-order chi connectivity index (χ1) is 10.2. The van der Waals surface area contributed by atoms with Gasteiger partial charge in [0.2, 0.25) is 5.95 Å². The topological polar surface area (TPSA) is 62.3 Å². The lowest BCUT2D eigenvalue weighted by Crippen LogP contribution is -2.15. The van der Waals surface area contributed by atoms with Crippen LogP contribution < -0.4 is 15.2 Å². The molecule has 0 atom stereocenters. The van der Waals surface area contributed by atoms with Gasteiger partial charge in [0.25, 0.3) is 0 Å². The van der Waals surface area contributed by atoms with Crippen molar-refractivity contribution in [1.82, 2.24) is 9.55 Å². The van der Waals surface area contributed by atoms with Crippen LogP contribution in [0.1, 0.15) is 0 Å². The largest absolute Gasteiger partial charge is 0.486 e. The molecule has 0 saturated heterocycles. The van der Waals surface area contributed by atoms with Gasteiger partial charge >= 0.3 is 0 Å². The molecule has 0 unspecified atom stereocenters. The molecule has 0 spiro atoms. The van der Waals surface area contributed by atoms with Crippen molar-refractivity contribution >= 4 is 17.0 Å². The molecule has 0 amide bonds. The van der Waals surface area contributed by atoms with Gasteiger partial charge in [-0.15, -0.1) is 0 Å². The Morgan fingerprint density at radius 1 is 1.10 bits per heavy atom. The smallest absolute Gasteiger partial charge is 0.206 e. The van der Waals surface area contributed by atoms with E-state index in [0.717, 1.165) is 5.69 Å². The first-order valence-corrected chi connectivity index (χ1v) is 6.56. The van der Waals surface area contributed by atoms with Crippen LogP contribution >= 0.6 is 0 Å². The standard InChI is InChI=1S/C15H12FN3O2/c16-10-2-1-3-11-14(10)18-15(17)19(11)9-4-5-12-13(8-9)21-7-6-20-12/h1-5,8H,6-7H2,(H2,17,18). The highest BCUT2D eigenvalue weighted by Crippen LogP contribution is 2.34. The highest BCUT2D eigenvalue weighted by atomic mass is 19.1. The van der Waals surface area contributed by atoms with Gasteiger partial charge in [0, 0.05) is 6.07 Å². The number of para-hydroxylation sites is 1. The maximum absolute atomic E-state index is 13.8. The molecule has 0 fully saturated rings. The maximum Gasteiger partial charge on any atom is 0.206 e. The molecule has 106 valence electrons. The van der Waals surface area contributed by atoms with Crippen molar-refractivity contribution < 1.29 is 13.9 Å². The van der Waals surface area contributed by atoms with E-state index in [2.05, 4.69) is 4.98 Å². The van der Waals surface area contributed by atoms with Crippen LogP contribution in [0.5, 0.6) is 11.5 Å². The van der Waals surface area contributed by atoms with E-state index in [1.807, 2.05) is 18.2 Å². The Kier molecular flexibility index (Phi) is 2.50. The summed E-state index contributed by atoms with van der Waals surface area (Å²) in [6.07, 6.45) is 0. The van der Waals surface area contributed by atoms with Crippen molar-refractivity contribution in [3.8, 4) is 17.2 Å². The molecular formula is C15H12FN3O2. The summed E-state index contributed by atoms with van der Waals surface area (Å²) in [6, 6.07) is 10.2. The van der Waals surface area contributed by atoms with E-state index in [1.165, 1.54) is 6.07 Å². The Morgan fingerprint density at radius 2 is 1.90 bits per heavy atom. The third-order valence-electron chi connectivity index (χ3n) is 3.45. The molecule has 2 heterocycles. The number of anilines is 1. The summed E-state index contributed by atoms with van der Waals surface area (Å²) in [4.78, 5) is 4.09. The van der Waals surface area contributed by atoms with Gasteiger partial charge in [0.1, 0.15) is 18.7 Å². The van der Waals surface area contributed by atoms with E-state index in [4.69, 9.17) is 15.2 Å². The van der Waals surface area contributed by atoms with E-state index >= 15 is 0 Å². The molecule has 1 aliphatic heterocycles. The molecule has 5 nitrogen and oxygen atoms in total. The second kappa shape index (κ2) is 4.37. The molecule has 0 radical (unpaired) electrons. The second-order valence-electron chi connectivity index (χ2n) is 4.74. The summed E-state index contributed by atoms with van der Waals surface area (Å²) >= 11 is 0. The van der Waals surface area contributed by atoms with Gasteiger partial charge in [-0.1, -0.05) is 6.07 Å². The van der Waals surface area contributed by atoms with Crippen molar-refractivity contribution in [3.05, 3.63) is 42.2 Å². The van der Waals surface area contributed by atoms with E-state index in [0.29, 0.717) is 30.2 Å². The summed E-state index contributed by atoms with van der Waals surface area (Å²) < 4.78 is 26.5. The van der Waals surface area contributed by atoms with Gasteiger partial charge in [-0.2, -0.15) is 0 Å². The number of hydrogen-bond acceptors (Lipinski definition) is 4. The van der Waals surface area contributed by atoms with Gasteiger partial charge < -0.3 is 15.2 Å². The molecule has 2 aromatic carbocycles. The van der Waals surface area contributed by atoms with Crippen LogP contribution in [0, 0.1) is 5.82 Å². The number of rotatable bonds is 1. The molecule has 3 aromatic rings. The second-order valence-corrected chi connectivity index (χ2v) is 4.74. The molecule has 1 aromatic heterocycles. The molecule has 4 rings (SSSR count). The minimum Gasteiger partial charge on any atom is -0.486 e. The SMILES string of the molecule is Nc1nc2c(F)cccc2n1-c1ccc2c(c1)OCCO2. The van der Waals surface area contributed by atoms with Crippen molar-refractivity contribution in [2.24, 2.45) is 0 Å². The van der Waals surface area contributed by atoms with E-state index < -0.39 is 5.82 Å². The molecule has 1 aliphatic rings. The highest BCUT2D eigenvalue weighted by Gasteiger charge is 2.16. The zero-order chi connectivity index (χ0) is 14.4. The Morgan fingerprint density at radius 3 is 2.76 bits per heavy atom. The number of nitrogens with two attached hydrogens (primary N) is 1. The molecular weight excluding hydrogens is 273 g/mol. The number of halogens is 1. The van der Waals surface area contributed by atoms with Gasteiger partial charge in [-0.3, -0.25) is 4.57 Å². The molecule has 0 saturated carbocycles. The Hall–Kier alpha value is -2.76. The van der Waals surface area contributed by atoms with Crippen LogP contribution in [-0.2, 0) is 0 Å². The van der Waals surface area contributed by atoms with Gasteiger partial charge in [0.15, 0.2) is 17.3 Å². The summed E-state index contributed by atoms with van der Waals surface area (Å²) in [7, 11) is 0. The Bertz CT molecular complexity index is 844. The number of imidazole rings is 1. The monoisotopic (exact) mass is 285 g/mol. The quantitative estimate of drug-likeness (QED) is 0.746. The van der Waals surface area contributed by atoms with Crippen LogP contribution in [0.15, 0.2) is 36.4 Å². The lowest BCUT2D eigenvalue weighted by Gasteiger charge is -2.19. The van der Waals surface area contributed by atoms with Crippen LogP contribution in [0.2, 0.25) is 0 Å². The number of aromatic nitrogens is 2. The third-order valence-corrected chi connectivity index (χ3v) is 3.45. The number of hydrogen-bond donors (Lipinski definition) is 1. The zero-order valence-electron chi connectivity index (χ0n) is 11.0. The number of nitrogen functional groups attached to an aromatic ring is 1. The fourth-order valence-electron chi connectivity index (χ4n) is 2.53. The molecule has 21 heavy (non-hydrogen) atoms. The minimum absolute atomic E-state index is 0.228. The number of nitrogens with zero attached hydrogens (tertiary/aromatic N) is 2. The molecule has 0 aliphatic carbocycles. The highest BCUT2D eigenvalue weighted by molar-refractivity contribution is 5.81. The fraction of sp³-hybridized carbons (Fsp3) is 0.133. The first kappa shape index (κ1) is 12.0. The average Bonchev–Trinajstić information content (AvgIpc) is 2.84. The molecule has 6 heteroatoms. The van der Waals surface area contributed by atoms with Gasteiger partial charge in [-0.25, -0.2) is 9.37 Å². The third kappa shape index (κ3) is 1.79. The molecule has 2 N–H and O–H groups in total. The van der Waals surface area contributed by atoms with Gasteiger partial charge in [-0.05, 0) is 24.3 Å². The normalized spacial score (nSPS) is 13.6. The van der Waals surface area contributed by atoms with E-state index in [1.54, 1.807) is 16.7 Å². The summed E-state index contributed by atoms with van der Waals surface area (Å²) in [5, 5.41) is 0. The lowest BCUT2D eigenvalue weighted by atomic mass is 10.2. The first-order valence-electron chi connectivity index (χ1n) is 6.56. The maximum atomic E-state index is 13.8. The number of fused-ring (bicyclic) bond motifs is 2. The van der Waals surface area contributed by atoms with Crippen LogP contribution in [0.25, 0.3) is 16.7 Å². The molecule has 0 bridgehead atoms. The summed E-state index contributed by atoms with van der Waals surface area (Å²) in [5.74, 6) is 1.18.